The van der Waals surface area contributed by atoms with Gasteiger partial charge >= 0.3 is 0 Å². The van der Waals surface area contributed by atoms with E-state index in [1.807, 2.05) is 41.3 Å². The highest BCUT2D eigenvalue weighted by Gasteiger charge is 2.25. The number of nitrogens with two attached hydrogens (primary N) is 1. The molecule has 2 fully saturated rings. The lowest BCUT2D eigenvalue weighted by Crippen LogP contribution is -2.44. The Bertz CT molecular complexity index is 1350. The number of nitrogen functional groups attached to an aromatic ring is 1. The van der Waals surface area contributed by atoms with Crippen LogP contribution in [0.15, 0.2) is 48.9 Å². The summed E-state index contributed by atoms with van der Waals surface area (Å²) in [4.78, 5) is 16.6. The molecule has 0 aromatic carbocycles. The second kappa shape index (κ2) is 9.24. The smallest absolute Gasteiger partial charge is 0.150 e. The van der Waals surface area contributed by atoms with Crippen molar-refractivity contribution < 1.29 is 9.47 Å². The highest BCUT2D eigenvalue weighted by atomic mass is 16.5. The van der Waals surface area contributed by atoms with Gasteiger partial charge in [-0.15, -0.1) is 0 Å². The van der Waals surface area contributed by atoms with Gasteiger partial charge in [0.25, 0.3) is 0 Å². The zero-order chi connectivity index (χ0) is 23.8. The SMILES string of the molecule is C[C@@H]1COCCN1c1cc(-c2cccnc2N)c2ccnc(-c3ccnn3C3CCCCO3)c2n1. The van der Waals surface area contributed by atoms with Crippen molar-refractivity contribution in [3.8, 4) is 22.5 Å². The largest absolute Gasteiger partial charge is 0.383 e. The summed E-state index contributed by atoms with van der Waals surface area (Å²) < 4.78 is 13.7. The van der Waals surface area contributed by atoms with E-state index < -0.39 is 0 Å². The van der Waals surface area contributed by atoms with Crippen LogP contribution in [-0.4, -0.2) is 57.1 Å². The molecule has 9 heteroatoms. The molecule has 180 valence electrons. The number of hydrogen-bond donors (Lipinski definition) is 1. The fourth-order valence-corrected chi connectivity index (χ4v) is 5.06. The number of anilines is 2. The molecule has 0 saturated carbocycles. The first-order chi connectivity index (χ1) is 17.2. The Morgan fingerprint density at radius 2 is 1.97 bits per heavy atom. The van der Waals surface area contributed by atoms with Crippen LogP contribution in [0.4, 0.5) is 11.6 Å². The van der Waals surface area contributed by atoms with Crippen LogP contribution < -0.4 is 10.6 Å². The summed E-state index contributed by atoms with van der Waals surface area (Å²) in [6, 6.07) is 10.2. The van der Waals surface area contributed by atoms with Crippen molar-refractivity contribution in [2.24, 2.45) is 0 Å². The molecule has 35 heavy (non-hydrogen) atoms. The molecule has 6 rings (SSSR count). The molecule has 2 saturated heterocycles. The summed E-state index contributed by atoms with van der Waals surface area (Å²) >= 11 is 0. The molecule has 2 N–H and O–H groups in total. The van der Waals surface area contributed by atoms with E-state index in [0.717, 1.165) is 71.6 Å². The van der Waals surface area contributed by atoms with Gasteiger partial charge in [0, 0.05) is 42.7 Å². The predicted octanol–water partition coefficient (Wildman–Crippen LogP) is 4.06. The van der Waals surface area contributed by atoms with Crippen molar-refractivity contribution in [3.63, 3.8) is 0 Å². The molecule has 4 aromatic rings. The Balaban J connectivity index is 1.58. The van der Waals surface area contributed by atoms with Gasteiger partial charge < -0.3 is 20.1 Å². The lowest BCUT2D eigenvalue weighted by atomic mass is 10.0. The molecule has 0 spiro atoms. The molecule has 1 unspecified atom stereocenters. The number of ether oxygens (including phenoxy) is 2. The fraction of sp³-hybridized carbons (Fsp3) is 0.385. The monoisotopic (exact) mass is 471 g/mol. The highest BCUT2D eigenvalue weighted by Crippen LogP contribution is 2.38. The van der Waals surface area contributed by atoms with Gasteiger partial charge in [0.1, 0.15) is 22.8 Å². The van der Waals surface area contributed by atoms with Crippen molar-refractivity contribution in [2.45, 2.75) is 38.5 Å². The van der Waals surface area contributed by atoms with Gasteiger partial charge in [0.05, 0.1) is 24.9 Å². The van der Waals surface area contributed by atoms with Crippen molar-refractivity contribution in [1.29, 1.82) is 0 Å². The van der Waals surface area contributed by atoms with E-state index >= 15 is 0 Å². The zero-order valence-electron chi connectivity index (χ0n) is 19.8. The normalized spacial score (nSPS) is 20.9. The van der Waals surface area contributed by atoms with Gasteiger partial charge in [-0.1, -0.05) is 0 Å². The van der Waals surface area contributed by atoms with E-state index in [1.54, 1.807) is 6.20 Å². The summed E-state index contributed by atoms with van der Waals surface area (Å²) in [5.74, 6) is 1.36. The van der Waals surface area contributed by atoms with E-state index in [9.17, 15) is 0 Å². The summed E-state index contributed by atoms with van der Waals surface area (Å²) in [6.45, 7) is 5.00. The van der Waals surface area contributed by atoms with Crippen LogP contribution in [0.3, 0.4) is 0 Å². The van der Waals surface area contributed by atoms with Crippen molar-refractivity contribution in [2.75, 3.05) is 37.0 Å². The molecule has 0 bridgehead atoms. The minimum atomic E-state index is -0.0957. The molecule has 4 aromatic heterocycles. The van der Waals surface area contributed by atoms with E-state index in [1.165, 1.54) is 0 Å². The lowest BCUT2D eigenvalue weighted by Gasteiger charge is -2.34. The first-order valence-electron chi connectivity index (χ1n) is 12.2. The van der Waals surface area contributed by atoms with Gasteiger partial charge in [-0.3, -0.25) is 4.98 Å². The van der Waals surface area contributed by atoms with Crippen LogP contribution in [0, 0.1) is 0 Å². The number of nitrogens with zero attached hydrogens (tertiary/aromatic N) is 6. The average molecular weight is 472 g/mol. The number of rotatable bonds is 4. The molecule has 2 aliphatic rings. The maximum atomic E-state index is 6.34. The molecule has 2 atom stereocenters. The molecule has 2 aliphatic heterocycles. The van der Waals surface area contributed by atoms with Crippen LogP contribution in [0.1, 0.15) is 32.4 Å². The molecule has 0 amide bonds. The van der Waals surface area contributed by atoms with Crippen LogP contribution in [0.5, 0.6) is 0 Å². The Morgan fingerprint density at radius 1 is 1.03 bits per heavy atom. The van der Waals surface area contributed by atoms with Crippen molar-refractivity contribution in [3.05, 3.63) is 48.9 Å². The predicted molar refractivity (Wildman–Crippen MR) is 135 cm³/mol. The van der Waals surface area contributed by atoms with Crippen molar-refractivity contribution >= 4 is 22.5 Å². The van der Waals surface area contributed by atoms with Gasteiger partial charge in [0.15, 0.2) is 6.23 Å². The molecule has 9 nitrogen and oxygen atoms in total. The maximum Gasteiger partial charge on any atom is 0.150 e. The first kappa shape index (κ1) is 21.9. The van der Waals surface area contributed by atoms with Crippen LogP contribution in [-0.2, 0) is 9.47 Å². The van der Waals surface area contributed by atoms with E-state index in [0.29, 0.717) is 19.0 Å². The summed E-state index contributed by atoms with van der Waals surface area (Å²) in [5.41, 5.74) is 10.7. The van der Waals surface area contributed by atoms with Gasteiger partial charge in [-0.05, 0) is 62.1 Å². The minimum absolute atomic E-state index is 0.0957. The lowest BCUT2D eigenvalue weighted by molar-refractivity contribution is -0.0383. The maximum absolute atomic E-state index is 6.34. The Morgan fingerprint density at radius 3 is 2.80 bits per heavy atom. The Hall–Kier alpha value is -3.56. The van der Waals surface area contributed by atoms with Gasteiger partial charge in [-0.2, -0.15) is 5.10 Å². The second-order valence-corrected chi connectivity index (χ2v) is 9.12. The van der Waals surface area contributed by atoms with E-state index in [2.05, 4.69) is 28.0 Å². The Labute approximate surface area is 203 Å². The third-order valence-electron chi connectivity index (χ3n) is 6.85. The van der Waals surface area contributed by atoms with Crippen LogP contribution >= 0.6 is 0 Å². The van der Waals surface area contributed by atoms with Gasteiger partial charge in [-0.25, -0.2) is 14.6 Å². The summed E-state index contributed by atoms with van der Waals surface area (Å²) in [7, 11) is 0. The number of fused-ring (bicyclic) bond motifs is 1. The molecule has 6 heterocycles. The topological polar surface area (TPSA) is 104 Å². The van der Waals surface area contributed by atoms with Crippen LogP contribution in [0.25, 0.3) is 33.4 Å². The molecular formula is C26H29N7O2. The standard InChI is InChI=1S/C26H29N7O2/c1-17-16-34-14-12-32(17)22-15-20(19-5-4-9-29-26(19)27)18-7-10-28-25(24(18)31-22)21-8-11-30-33(21)23-6-2-3-13-35-23/h4-5,7-11,15,17,23H,2-3,6,12-14,16H2,1H3,(H2,27,29)/t17-,23?/m1/s1. The quantitative estimate of drug-likeness (QED) is 0.475. The third-order valence-corrected chi connectivity index (χ3v) is 6.85. The highest BCUT2D eigenvalue weighted by molar-refractivity contribution is 6.03. The number of aromatic nitrogens is 5. The number of hydrogen-bond acceptors (Lipinski definition) is 8. The second-order valence-electron chi connectivity index (χ2n) is 9.12. The summed E-state index contributed by atoms with van der Waals surface area (Å²) in [5, 5.41) is 5.58. The van der Waals surface area contributed by atoms with E-state index in [4.69, 9.17) is 25.2 Å². The average Bonchev–Trinajstić information content (AvgIpc) is 3.39. The van der Waals surface area contributed by atoms with Crippen LogP contribution in [0.2, 0.25) is 0 Å². The molecular weight excluding hydrogens is 442 g/mol. The molecule has 0 aliphatic carbocycles. The van der Waals surface area contributed by atoms with E-state index in [-0.39, 0.29) is 12.3 Å². The fourth-order valence-electron chi connectivity index (χ4n) is 5.06. The zero-order valence-corrected chi connectivity index (χ0v) is 19.8. The minimum Gasteiger partial charge on any atom is -0.383 e. The first-order valence-corrected chi connectivity index (χ1v) is 12.2. The van der Waals surface area contributed by atoms with Crippen molar-refractivity contribution in [1.82, 2.24) is 24.7 Å². The van der Waals surface area contributed by atoms with Gasteiger partial charge in [0.2, 0.25) is 0 Å². The Kier molecular flexibility index (Phi) is 5.79. The summed E-state index contributed by atoms with van der Waals surface area (Å²) in [6.07, 6.45) is 8.38. The number of pyridine rings is 3. The number of morpholine rings is 1. The third kappa shape index (κ3) is 4.00. The molecule has 0 radical (unpaired) electrons.